The molecule has 2 N–H and O–H groups in total. The number of carbonyl (C=O) groups excluding carboxylic acids is 3. The number of carbonyl (C=O) groups is 3. The van der Waals surface area contributed by atoms with E-state index in [1.54, 1.807) is 26.0 Å². The molecule has 2 rings (SSSR count). The number of hydrogen-bond acceptors (Lipinski definition) is 6. The van der Waals surface area contributed by atoms with Gasteiger partial charge in [0.2, 0.25) is 0 Å². The molecule has 0 heterocycles. The van der Waals surface area contributed by atoms with Gasteiger partial charge in [-0.25, -0.2) is 0 Å². The van der Waals surface area contributed by atoms with Crippen LogP contribution in [0, 0.1) is 24.0 Å². The third kappa shape index (κ3) is 6.79. The number of esters is 1. The van der Waals surface area contributed by atoms with Crippen LogP contribution in [0.1, 0.15) is 27.0 Å². The Morgan fingerprint density at radius 2 is 1.69 bits per heavy atom. The molecule has 0 bridgehead atoms. The maximum Gasteiger partial charge on any atom is 0.416 e. The van der Waals surface area contributed by atoms with Crippen LogP contribution in [0.3, 0.4) is 0 Å². The molecule has 0 unspecified atom stereocenters. The van der Waals surface area contributed by atoms with E-state index in [0.29, 0.717) is 11.6 Å². The summed E-state index contributed by atoms with van der Waals surface area (Å²) in [5, 5.41) is 15.4. The monoisotopic (exact) mass is 453 g/mol. The zero-order valence-corrected chi connectivity index (χ0v) is 16.9. The zero-order chi connectivity index (χ0) is 24.1. The maximum atomic E-state index is 12.7. The number of nitro benzene ring substituents is 1. The summed E-state index contributed by atoms with van der Waals surface area (Å²) in [6.07, 6.45) is -4.80. The quantitative estimate of drug-likeness (QED) is 0.377. The van der Waals surface area contributed by atoms with E-state index in [9.17, 15) is 37.7 Å². The Morgan fingerprint density at radius 3 is 2.25 bits per heavy atom. The number of amides is 2. The number of rotatable bonds is 7. The smallest absolute Gasteiger partial charge is 0.416 e. The van der Waals surface area contributed by atoms with Crippen molar-refractivity contribution in [3.8, 4) is 0 Å². The predicted molar refractivity (Wildman–Crippen MR) is 106 cm³/mol. The highest BCUT2D eigenvalue weighted by Crippen LogP contribution is 2.34. The molecule has 0 saturated carbocycles. The van der Waals surface area contributed by atoms with Gasteiger partial charge in [0.1, 0.15) is 12.2 Å². The lowest BCUT2D eigenvalue weighted by atomic mass is 10.1. The van der Waals surface area contributed by atoms with Crippen molar-refractivity contribution in [1.82, 2.24) is 5.32 Å². The normalized spacial score (nSPS) is 10.9. The van der Waals surface area contributed by atoms with Gasteiger partial charge in [-0.1, -0.05) is 17.2 Å². The summed E-state index contributed by atoms with van der Waals surface area (Å²) < 4.78 is 42.8. The van der Waals surface area contributed by atoms with E-state index in [2.05, 4.69) is 10.1 Å². The Bertz CT molecular complexity index is 1050. The number of nitro groups is 1. The molecule has 0 fully saturated rings. The first-order valence-electron chi connectivity index (χ1n) is 9.04. The van der Waals surface area contributed by atoms with Crippen LogP contribution in [-0.2, 0) is 20.5 Å². The lowest BCUT2D eigenvalue weighted by molar-refractivity contribution is -0.384. The fourth-order valence-corrected chi connectivity index (χ4v) is 2.71. The van der Waals surface area contributed by atoms with Gasteiger partial charge in [-0.3, -0.25) is 24.5 Å². The van der Waals surface area contributed by atoms with Gasteiger partial charge in [-0.2, -0.15) is 13.2 Å². The van der Waals surface area contributed by atoms with Crippen molar-refractivity contribution < 1.29 is 37.2 Å². The van der Waals surface area contributed by atoms with E-state index < -0.39 is 59.0 Å². The summed E-state index contributed by atoms with van der Waals surface area (Å²) >= 11 is 0. The molecular formula is C20H18F3N3O6. The average Bonchev–Trinajstić information content (AvgIpc) is 2.69. The minimum absolute atomic E-state index is 0.282. The van der Waals surface area contributed by atoms with Gasteiger partial charge in [0.15, 0.2) is 6.61 Å². The number of hydrogen-bond donors (Lipinski definition) is 2. The van der Waals surface area contributed by atoms with Crippen LogP contribution < -0.4 is 10.6 Å². The lowest BCUT2D eigenvalue weighted by Gasteiger charge is -2.10. The molecular weight excluding hydrogens is 435 g/mol. The fourth-order valence-electron chi connectivity index (χ4n) is 2.71. The summed E-state index contributed by atoms with van der Waals surface area (Å²) in [6.45, 7) is 2.20. The molecule has 170 valence electrons. The topological polar surface area (TPSA) is 128 Å². The summed E-state index contributed by atoms with van der Waals surface area (Å²) in [5.41, 5.74) is -0.679. The number of nitrogens with zero attached hydrogens (tertiary/aromatic N) is 1. The Hall–Kier alpha value is -3.96. The number of ether oxygens (including phenoxy) is 1. The summed E-state index contributed by atoms with van der Waals surface area (Å²) in [4.78, 5) is 45.7. The van der Waals surface area contributed by atoms with E-state index in [1.165, 1.54) is 0 Å². The lowest BCUT2D eigenvalue weighted by Crippen LogP contribution is -2.32. The first-order chi connectivity index (χ1) is 14.9. The molecule has 12 heteroatoms. The number of benzene rings is 2. The molecule has 0 aliphatic rings. The fraction of sp³-hybridized carbons (Fsp3) is 0.250. The molecule has 2 aromatic rings. The molecule has 0 spiro atoms. The van der Waals surface area contributed by atoms with Crippen LogP contribution in [0.25, 0.3) is 0 Å². The molecule has 0 saturated heterocycles. The van der Waals surface area contributed by atoms with Crippen LogP contribution in [0.5, 0.6) is 0 Å². The molecule has 32 heavy (non-hydrogen) atoms. The van der Waals surface area contributed by atoms with Gasteiger partial charge >= 0.3 is 12.1 Å². The second kappa shape index (κ2) is 9.90. The van der Waals surface area contributed by atoms with E-state index in [1.807, 2.05) is 11.4 Å². The third-order valence-electron chi connectivity index (χ3n) is 4.04. The van der Waals surface area contributed by atoms with E-state index >= 15 is 0 Å². The minimum Gasteiger partial charge on any atom is -0.454 e. The van der Waals surface area contributed by atoms with Crippen molar-refractivity contribution in [2.24, 2.45) is 0 Å². The highest BCUT2D eigenvalue weighted by molar-refractivity contribution is 5.97. The standard InChI is InChI=1S/C20H18F3N3O6/c1-11-5-12(2)7-13(6-11)19(29)24-9-18(28)32-10-17(27)25-15-4-3-14(20(21,22)23)8-16(15)26(30)31/h3-8H,9-10H2,1-2H3,(H,24,29)(H,25,27). The Morgan fingerprint density at radius 1 is 1.06 bits per heavy atom. The molecule has 2 aromatic carbocycles. The van der Waals surface area contributed by atoms with Crippen molar-refractivity contribution in [1.29, 1.82) is 0 Å². The molecule has 0 atom stereocenters. The highest BCUT2D eigenvalue weighted by atomic mass is 19.4. The Kier molecular flexibility index (Phi) is 7.52. The summed E-state index contributed by atoms with van der Waals surface area (Å²) in [6, 6.07) is 6.69. The summed E-state index contributed by atoms with van der Waals surface area (Å²) in [7, 11) is 0. The van der Waals surface area contributed by atoms with Crippen molar-refractivity contribution in [3.63, 3.8) is 0 Å². The number of nitrogens with one attached hydrogen (secondary N) is 2. The number of anilines is 1. The molecule has 9 nitrogen and oxygen atoms in total. The van der Waals surface area contributed by atoms with Gasteiger partial charge < -0.3 is 15.4 Å². The number of halogens is 3. The van der Waals surface area contributed by atoms with Crippen molar-refractivity contribution in [2.75, 3.05) is 18.5 Å². The van der Waals surface area contributed by atoms with Crippen molar-refractivity contribution in [2.45, 2.75) is 20.0 Å². The first-order valence-corrected chi connectivity index (χ1v) is 9.04. The molecule has 0 aromatic heterocycles. The maximum absolute atomic E-state index is 12.7. The van der Waals surface area contributed by atoms with Crippen LogP contribution in [0.15, 0.2) is 36.4 Å². The largest absolute Gasteiger partial charge is 0.454 e. The van der Waals surface area contributed by atoms with E-state index in [0.717, 1.165) is 17.2 Å². The van der Waals surface area contributed by atoms with Gasteiger partial charge in [-0.05, 0) is 38.1 Å². The highest BCUT2D eigenvalue weighted by Gasteiger charge is 2.33. The predicted octanol–water partition coefficient (Wildman–Crippen LogP) is 3.14. The third-order valence-corrected chi connectivity index (χ3v) is 4.04. The average molecular weight is 453 g/mol. The second-order valence-corrected chi connectivity index (χ2v) is 6.75. The Labute approximate surface area is 179 Å². The number of aryl methyl sites for hydroxylation is 2. The number of alkyl halides is 3. The second-order valence-electron chi connectivity index (χ2n) is 6.75. The van der Waals surface area contributed by atoms with Gasteiger partial charge in [0.05, 0.1) is 10.5 Å². The zero-order valence-electron chi connectivity index (χ0n) is 16.9. The molecule has 0 radical (unpaired) electrons. The summed E-state index contributed by atoms with van der Waals surface area (Å²) in [5.74, 6) is -2.50. The Balaban J connectivity index is 1.90. The van der Waals surface area contributed by atoms with Crippen LogP contribution in [0.4, 0.5) is 24.5 Å². The van der Waals surface area contributed by atoms with Crippen LogP contribution in [0.2, 0.25) is 0 Å². The van der Waals surface area contributed by atoms with E-state index in [4.69, 9.17) is 0 Å². The molecule has 0 aliphatic heterocycles. The van der Waals surface area contributed by atoms with Crippen LogP contribution >= 0.6 is 0 Å². The van der Waals surface area contributed by atoms with E-state index in [-0.39, 0.29) is 6.07 Å². The molecule has 2 amide bonds. The van der Waals surface area contributed by atoms with Gasteiger partial charge in [0, 0.05) is 11.6 Å². The van der Waals surface area contributed by atoms with Gasteiger partial charge in [0.25, 0.3) is 17.5 Å². The van der Waals surface area contributed by atoms with Crippen molar-refractivity contribution in [3.05, 3.63) is 68.8 Å². The molecule has 0 aliphatic carbocycles. The minimum atomic E-state index is -4.80. The van der Waals surface area contributed by atoms with Gasteiger partial charge in [-0.15, -0.1) is 0 Å². The SMILES string of the molecule is Cc1cc(C)cc(C(=O)NCC(=O)OCC(=O)Nc2ccc(C(F)(F)F)cc2[N+](=O)[O-])c1. The van der Waals surface area contributed by atoms with Crippen molar-refractivity contribution >= 4 is 29.2 Å². The van der Waals surface area contributed by atoms with Crippen LogP contribution in [-0.4, -0.2) is 35.9 Å². The first kappa shape index (κ1) is 24.3.